The Bertz CT molecular complexity index is 540. The Morgan fingerprint density at radius 1 is 1.18 bits per heavy atom. The summed E-state index contributed by atoms with van der Waals surface area (Å²) < 4.78 is 0. The highest BCUT2D eigenvalue weighted by Gasteiger charge is 2.20. The monoisotopic (exact) mass is 301 g/mol. The van der Waals surface area contributed by atoms with Gasteiger partial charge in [-0.3, -0.25) is 9.59 Å². The van der Waals surface area contributed by atoms with Gasteiger partial charge in [0.05, 0.1) is 0 Å². The molecule has 1 atom stereocenters. The molecule has 1 aliphatic rings. The molecule has 5 nitrogen and oxygen atoms in total. The van der Waals surface area contributed by atoms with E-state index in [-0.39, 0.29) is 24.7 Å². The van der Waals surface area contributed by atoms with Crippen molar-refractivity contribution in [2.24, 2.45) is 11.0 Å². The van der Waals surface area contributed by atoms with E-state index >= 15 is 0 Å². The van der Waals surface area contributed by atoms with Gasteiger partial charge < -0.3 is 5.32 Å². The van der Waals surface area contributed by atoms with Crippen molar-refractivity contribution >= 4 is 23.2 Å². The van der Waals surface area contributed by atoms with Gasteiger partial charge in [-0.1, -0.05) is 25.1 Å². The second-order valence-electron chi connectivity index (χ2n) is 5.55. The number of benzene rings is 1. The van der Waals surface area contributed by atoms with E-state index in [1.54, 1.807) is 0 Å². The van der Waals surface area contributed by atoms with Crippen molar-refractivity contribution in [2.45, 2.75) is 45.4 Å². The maximum Gasteiger partial charge on any atom is 0.240 e. The van der Waals surface area contributed by atoms with Crippen molar-refractivity contribution in [3.63, 3.8) is 0 Å². The van der Waals surface area contributed by atoms with Gasteiger partial charge in [-0.05, 0) is 43.7 Å². The third-order valence-electron chi connectivity index (χ3n) is 3.91. The van der Waals surface area contributed by atoms with Gasteiger partial charge in [-0.2, -0.15) is 5.10 Å². The number of hydrazone groups is 1. The van der Waals surface area contributed by atoms with E-state index in [0.29, 0.717) is 5.92 Å². The van der Waals surface area contributed by atoms with Crippen molar-refractivity contribution in [3.8, 4) is 0 Å². The molecule has 0 saturated heterocycles. The first-order valence-corrected chi connectivity index (χ1v) is 7.89. The SMILES string of the molecule is CC[C@@H]1CCC/C1=N/NC(=O)CCC(=O)Nc1ccccc1. The van der Waals surface area contributed by atoms with E-state index in [1.165, 1.54) is 0 Å². The lowest BCUT2D eigenvalue weighted by molar-refractivity contribution is -0.124. The van der Waals surface area contributed by atoms with Gasteiger partial charge in [0.2, 0.25) is 11.8 Å². The van der Waals surface area contributed by atoms with Crippen LogP contribution in [0.3, 0.4) is 0 Å². The third-order valence-corrected chi connectivity index (χ3v) is 3.91. The van der Waals surface area contributed by atoms with E-state index in [2.05, 4.69) is 22.8 Å². The zero-order chi connectivity index (χ0) is 15.8. The number of nitrogens with one attached hydrogen (secondary N) is 2. The van der Waals surface area contributed by atoms with E-state index in [4.69, 9.17) is 0 Å². The van der Waals surface area contributed by atoms with Gasteiger partial charge in [-0.25, -0.2) is 5.43 Å². The molecule has 2 amide bonds. The summed E-state index contributed by atoms with van der Waals surface area (Å²) in [4.78, 5) is 23.5. The van der Waals surface area contributed by atoms with Gasteiger partial charge in [0, 0.05) is 24.2 Å². The number of carbonyl (C=O) groups excluding carboxylic acids is 2. The summed E-state index contributed by atoms with van der Waals surface area (Å²) >= 11 is 0. The van der Waals surface area contributed by atoms with Gasteiger partial charge in [-0.15, -0.1) is 0 Å². The number of nitrogens with zero attached hydrogens (tertiary/aromatic N) is 1. The molecule has 22 heavy (non-hydrogen) atoms. The summed E-state index contributed by atoms with van der Waals surface area (Å²) in [5, 5.41) is 6.98. The molecular weight excluding hydrogens is 278 g/mol. The highest BCUT2D eigenvalue weighted by Crippen LogP contribution is 2.24. The number of carbonyl (C=O) groups is 2. The van der Waals surface area contributed by atoms with E-state index in [9.17, 15) is 9.59 Å². The Morgan fingerprint density at radius 2 is 1.91 bits per heavy atom. The Kier molecular flexibility index (Phi) is 6.13. The van der Waals surface area contributed by atoms with Crippen molar-refractivity contribution in [2.75, 3.05) is 5.32 Å². The fourth-order valence-electron chi connectivity index (χ4n) is 2.65. The lowest BCUT2D eigenvalue weighted by Gasteiger charge is -2.08. The lowest BCUT2D eigenvalue weighted by Crippen LogP contribution is -2.22. The van der Waals surface area contributed by atoms with Crippen LogP contribution in [0.25, 0.3) is 0 Å². The molecular formula is C17H23N3O2. The molecule has 0 spiro atoms. The Morgan fingerprint density at radius 3 is 2.64 bits per heavy atom. The molecule has 1 saturated carbocycles. The first kappa shape index (κ1) is 16.2. The lowest BCUT2D eigenvalue weighted by atomic mass is 10.0. The first-order valence-electron chi connectivity index (χ1n) is 7.89. The second-order valence-corrected chi connectivity index (χ2v) is 5.55. The van der Waals surface area contributed by atoms with Crippen LogP contribution in [0.1, 0.15) is 45.4 Å². The number of rotatable bonds is 6. The minimum Gasteiger partial charge on any atom is -0.326 e. The highest BCUT2D eigenvalue weighted by atomic mass is 16.2. The fourth-order valence-corrected chi connectivity index (χ4v) is 2.65. The van der Waals surface area contributed by atoms with E-state index in [1.807, 2.05) is 30.3 Å². The van der Waals surface area contributed by atoms with Gasteiger partial charge in [0.25, 0.3) is 0 Å². The summed E-state index contributed by atoms with van der Waals surface area (Å²) in [5.41, 5.74) is 4.41. The molecule has 118 valence electrons. The van der Waals surface area contributed by atoms with Gasteiger partial charge in [0.15, 0.2) is 0 Å². The Balaban J connectivity index is 1.71. The average Bonchev–Trinajstić information content (AvgIpc) is 2.99. The maximum atomic E-state index is 11.8. The van der Waals surface area contributed by atoms with Crippen LogP contribution in [-0.4, -0.2) is 17.5 Å². The Hall–Kier alpha value is -2.17. The number of amides is 2. The smallest absolute Gasteiger partial charge is 0.240 e. The molecule has 0 unspecified atom stereocenters. The van der Waals surface area contributed by atoms with Crippen LogP contribution < -0.4 is 10.7 Å². The van der Waals surface area contributed by atoms with Crippen LogP contribution in [0.5, 0.6) is 0 Å². The normalized spacial score (nSPS) is 19.1. The minimum absolute atomic E-state index is 0.145. The van der Waals surface area contributed by atoms with Crippen molar-refractivity contribution < 1.29 is 9.59 Å². The topological polar surface area (TPSA) is 70.6 Å². The molecule has 0 heterocycles. The molecule has 1 aromatic rings. The summed E-state index contributed by atoms with van der Waals surface area (Å²) in [6.45, 7) is 2.14. The summed E-state index contributed by atoms with van der Waals surface area (Å²) in [7, 11) is 0. The highest BCUT2D eigenvalue weighted by molar-refractivity contribution is 5.93. The van der Waals surface area contributed by atoms with E-state index in [0.717, 1.165) is 37.1 Å². The predicted octanol–water partition coefficient (Wildman–Crippen LogP) is 3.09. The largest absolute Gasteiger partial charge is 0.326 e. The molecule has 2 N–H and O–H groups in total. The zero-order valence-corrected chi connectivity index (χ0v) is 13.0. The number of anilines is 1. The van der Waals surface area contributed by atoms with Gasteiger partial charge >= 0.3 is 0 Å². The van der Waals surface area contributed by atoms with E-state index < -0.39 is 0 Å². The Labute approximate surface area is 131 Å². The van der Waals surface area contributed by atoms with Crippen LogP contribution >= 0.6 is 0 Å². The number of para-hydroxylation sites is 1. The molecule has 5 heteroatoms. The van der Waals surface area contributed by atoms with Gasteiger partial charge in [0.1, 0.15) is 0 Å². The quantitative estimate of drug-likeness (QED) is 0.793. The molecule has 1 aromatic carbocycles. The van der Waals surface area contributed by atoms with Crippen molar-refractivity contribution in [3.05, 3.63) is 30.3 Å². The molecule has 0 radical (unpaired) electrons. The van der Waals surface area contributed by atoms with Crippen LogP contribution in [0.15, 0.2) is 35.4 Å². The molecule has 1 fully saturated rings. The van der Waals surface area contributed by atoms with Crippen molar-refractivity contribution in [1.82, 2.24) is 5.43 Å². The third kappa shape index (κ3) is 4.98. The zero-order valence-electron chi connectivity index (χ0n) is 13.0. The fraction of sp³-hybridized carbons (Fsp3) is 0.471. The summed E-state index contributed by atoms with van der Waals surface area (Å²) in [6, 6.07) is 9.22. The van der Waals surface area contributed by atoms with Crippen LogP contribution in [-0.2, 0) is 9.59 Å². The summed E-state index contributed by atoms with van der Waals surface area (Å²) in [6.07, 6.45) is 4.63. The molecule has 0 aliphatic heterocycles. The molecule has 0 bridgehead atoms. The predicted molar refractivity (Wildman–Crippen MR) is 87.5 cm³/mol. The standard InChI is InChI=1S/C17H23N3O2/c1-2-13-7-6-10-15(13)19-20-17(22)12-11-16(21)18-14-8-4-3-5-9-14/h3-5,8-9,13H,2,6-7,10-12H2,1H3,(H,18,21)(H,20,22)/b19-15-/t13-/m1/s1. The minimum atomic E-state index is -0.211. The van der Waals surface area contributed by atoms with Crippen LogP contribution in [0.2, 0.25) is 0 Å². The second kappa shape index (κ2) is 8.32. The average molecular weight is 301 g/mol. The van der Waals surface area contributed by atoms with Crippen LogP contribution in [0, 0.1) is 5.92 Å². The maximum absolute atomic E-state index is 11.8. The van der Waals surface area contributed by atoms with Crippen LogP contribution in [0.4, 0.5) is 5.69 Å². The summed E-state index contributed by atoms with van der Waals surface area (Å²) in [5.74, 6) is 0.125. The first-order chi connectivity index (χ1) is 10.7. The molecule has 1 aliphatic carbocycles. The number of hydrogen-bond acceptors (Lipinski definition) is 3. The molecule has 2 rings (SSSR count). The van der Waals surface area contributed by atoms with Crippen molar-refractivity contribution in [1.29, 1.82) is 0 Å². The molecule has 0 aromatic heterocycles. The number of hydrogen-bond donors (Lipinski definition) is 2.